The summed E-state index contributed by atoms with van der Waals surface area (Å²) in [7, 11) is 0. The van der Waals surface area contributed by atoms with Gasteiger partial charge in [-0.1, -0.05) is 63.8 Å². The molecule has 1 aliphatic rings. The second-order valence-electron chi connectivity index (χ2n) is 6.18. The van der Waals surface area contributed by atoms with E-state index < -0.39 is 0 Å². The van der Waals surface area contributed by atoms with Crippen molar-refractivity contribution in [1.82, 2.24) is 0 Å². The molecule has 2 N–H and O–H groups in total. The van der Waals surface area contributed by atoms with Crippen LogP contribution in [0.25, 0.3) is 0 Å². The van der Waals surface area contributed by atoms with Crippen molar-refractivity contribution in [3.63, 3.8) is 0 Å². The van der Waals surface area contributed by atoms with Crippen LogP contribution in [0.5, 0.6) is 0 Å². The molecule has 0 spiro atoms. The largest absolute Gasteiger partial charge is 0.323 e. The molecular weight excluding hydrogens is 218 g/mol. The Balaban J connectivity index is 2.09. The zero-order valence-electron chi connectivity index (χ0n) is 11.9. The average Bonchev–Trinajstić information content (AvgIpc) is 2.40. The molecule has 1 atom stereocenters. The Morgan fingerprint density at radius 1 is 1.11 bits per heavy atom. The zero-order chi connectivity index (χ0) is 13.0. The highest BCUT2D eigenvalue weighted by atomic mass is 14.7. The van der Waals surface area contributed by atoms with E-state index in [4.69, 9.17) is 5.73 Å². The van der Waals surface area contributed by atoms with Crippen molar-refractivity contribution in [2.24, 2.45) is 11.1 Å². The van der Waals surface area contributed by atoms with Crippen molar-refractivity contribution in [2.75, 3.05) is 0 Å². The minimum absolute atomic E-state index is 0.202. The van der Waals surface area contributed by atoms with Crippen molar-refractivity contribution in [2.45, 2.75) is 64.8 Å². The predicted molar refractivity (Wildman–Crippen MR) is 78.6 cm³/mol. The minimum Gasteiger partial charge on any atom is -0.323 e. The molecule has 1 nitrogen and oxygen atoms in total. The molecule has 2 rings (SSSR count). The number of aryl methyl sites for hydroxylation is 1. The van der Waals surface area contributed by atoms with Crippen LogP contribution < -0.4 is 5.73 Å². The Kier molecular flexibility index (Phi) is 4.45. The summed E-state index contributed by atoms with van der Waals surface area (Å²) in [5, 5.41) is 0. The fourth-order valence-electron chi connectivity index (χ4n) is 3.25. The summed E-state index contributed by atoms with van der Waals surface area (Å²) in [6.07, 6.45) is 9.03. The van der Waals surface area contributed by atoms with Gasteiger partial charge in [-0.25, -0.2) is 0 Å². The maximum Gasteiger partial charge on any atom is 0.0349 e. The summed E-state index contributed by atoms with van der Waals surface area (Å²) in [4.78, 5) is 0. The summed E-state index contributed by atoms with van der Waals surface area (Å²) >= 11 is 0. The fraction of sp³-hybridized carbons (Fsp3) is 0.647. The van der Waals surface area contributed by atoms with E-state index in [9.17, 15) is 0 Å². The van der Waals surface area contributed by atoms with E-state index >= 15 is 0 Å². The van der Waals surface area contributed by atoms with Crippen LogP contribution in [0.2, 0.25) is 0 Å². The molecule has 0 aromatic heterocycles. The highest BCUT2D eigenvalue weighted by Crippen LogP contribution is 2.44. The normalized spacial score (nSPS) is 20.6. The first kappa shape index (κ1) is 13.6. The van der Waals surface area contributed by atoms with Crippen molar-refractivity contribution in [3.05, 3.63) is 35.4 Å². The van der Waals surface area contributed by atoms with Gasteiger partial charge < -0.3 is 5.73 Å². The van der Waals surface area contributed by atoms with E-state index in [0.29, 0.717) is 5.41 Å². The predicted octanol–water partition coefficient (Wildman–Crippen LogP) is 4.61. The standard InChI is InChI=1S/C17H27N/c1-3-7-14-8-10-15(11-9-14)16(18)17(2)12-5-4-6-13-17/h8-11,16H,3-7,12-13,18H2,1-2H3. The highest BCUT2D eigenvalue weighted by molar-refractivity contribution is 5.26. The molecule has 0 bridgehead atoms. The fourth-order valence-corrected chi connectivity index (χ4v) is 3.25. The Morgan fingerprint density at radius 3 is 2.28 bits per heavy atom. The number of benzene rings is 1. The third-order valence-corrected chi connectivity index (χ3v) is 4.62. The van der Waals surface area contributed by atoms with Crippen LogP contribution in [-0.2, 0) is 6.42 Å². The van der Waals surface area contributed by atoms with Crippen LogP contribution in [-0.4, -0.2) is 0 Å². The lowest BCUT2D eigenvalue weighted by molar-refractivity contribution is 0.170. The molecular formula is C17H27N. The van der Waals surface area contributed by atoms with Gasteiger partial charge in [0.1, 0.15) is 0 Å². The SMILES string of the molecule is CCCc1ccc(C(N)C2(C)CCCCC2)cc1. The molecule has 0 saturated heterocycles. The third kappa shape index (κ3) is 2.95. The lowest BCUT2D eigenvalue weighted by Crippen LogP contribution is -2.33. The molecule has 1 saturated carbocycles. The summed E-state index contributed by atoms with van der Waals surface area (Å²) in [6, 6.07) is 9.20. The Morgan fingerprint density at radius 2 is 1.72 bits per heavy atom. The topological polar surface area (TPSA) is 26.0 Å². The zero-order valence-corrected chi connectivity index (χ0v) is 11.9. The maximum atomic E-state index is 6.53. The van der Waals surface area contributed by atoms with Gasteiger partial charge in [-0.2, -0.15) is 0 Å². The van der Waals surface area contributed by atoms with E-state index in [1.165, 1.54) is 56.1 Å². The molecule has 0 amide bonds. The first-order valence-electron chi connectivity index (χ1n) is 7.50. The van der Waals surface area contributed by atoms with Gasteiger partial charge in [0.25, 0.3) is 0 Å². The van der Waals surface area contributed by atoms with Crippen molar-refractivity contribution < 1.29 is 0 Å². The molecule has 18 heavy (non-hydrogen) atoms. The molecule has 0 aliphatic heterocycles. The average molecular weight is 245 g/mol. The summed E-state index contributed by atoms with van der Waals surface area (Å²) in [6.45, 7) is 4.60. The van der Waals surface area contributed by atoms with Gasteiger partial charge in [-0.05, 0) is 35.8 Å². The maximum absolute atomic E-state index is 6.53. The molecule has 1 heteroatoms. The number of hydrogen-bond donors (Lipinski definition) is 1. The van der Waals surface area contributed by atoms with Gasteiger partial charge in [-0.15, -0.1) is 0 Å². The van der Waals surface area contributed by atoms with E-state index in [2.05, 4.69) is 38.1 Å². The molecule has 1 unspecified atom stereocenters. The molecule has 1 aromatic rings. The lowest BCUT2D eigenvalue weighted by atomic mass is 9.69. The summed E-state index contributed by atoms with van der Waals surface area (Å²) in [5.74, 6) is 0. The third-order valence-electron chi connectivity index (χ3n) is 4.62. The van der Waals surface area contributed by atoms with Crippen LogP contribution in [0.1, 0.15) is 69.5 Å². The first-order chi connectivity index (χ1) is 8.65. The van der Waals surface area contributed by atoms with Gasteiger partial charge >= 0.3 is 0 Å². The van der Waals surface area contributed by atoms with Gasteiger partial charge in [0.15, 0.2) is 0 Å². The van der Waals surface area contributed by atoms with Gasteiger partial charge in [-0.3, -0.25) is 0 Å². The molecule has 1 aliphatic carbocycles. The Bertz CT molecular complexity index is 360. The monoisotopic (exact) mass is 245 g/mol. The number of rotatable bonds is 4. The van der Waals surface area contributed by atoms with Crippen LogP contribution in [0.3, 0.4) is 0 Å². The smallest absolute Gasteiger partial charge is 0.0349 e. The van der Waals surface area contributed by atoms with E-state index in [0.717, 1.165) is 0 Å². The quantitative estimate of drug-likeness (QED) is 0.823. The van der Waals surface area contributed by atoms with E-state index in [1.54, 1.807) is 0 Å². The number of hydrogen-bond acceptors (Lipinski definition) is 1. The highest BCUT2D eigenvalue weighted by Gasteiger charge is 2.33. The van der Waals surface area contributed by atoms with Crippen molar-refractivity contribution in [3.8, 4) is 0 Å². The van der Waals surface area contributed by atoms with Crippen LogP contribution in [0.4, 0.5) is 0 Å². The van der Waals surface area contributed by atoms with Crippen molar-refractivity contribution in [1.29, 1.82) is 0 Å². The molecule has 1 aromatic carbocycles. The second-order valence-corrected chi connectivity index (χ2v) is 6.18. The number of nitrogens with two attached hydrogens (primary N) is 1. The minimum atomic E-state index is 0.202. The van der Waals surface area contributed by atoms with E-state index in [1.807, 2.05) is 0 Å². The Labute approximate surface area is 112 Å². The molecule has 0 radical (unpaired) electrons. The van der Waals surface area contributed by atoms with Gasteiger partial charge in [0, 0.05) is 6.04 Å². The summed E-state index contributed by atoms with van der Waals surface area (Å²) in [5.41, 5.74) is 9.59. The lowest BCUT2D eigenvalue weighted by Gasteiger charge is -2.39. The second kappa shape index (κ2) is 5.88. The van der Waals surface area contributed by atoms with Gasteiger partial charge in [0.05, 0.1) is 0 Å². The van der Waals surface area contributed by atoms with Crippen LogP contribution in [0.15, 0.2) is 24.3 Å². The molecule has 1 fully saturated rings. The van der Waals surface area contributed by atoms with E-state index in [-0.39, 0.29) is 6.04 Å². The molecule has 0 heterocycles. The Hall–Kier alpha value is -0.820. The summed E-state index contributed by atoms with van der Waals surface area (Å²) < 4.78 is 0. The van der Waals surface area contributed by atoms with Crippen molar-refractivity contribution >= 4 is 0 Å². The first-order valence-corrected chi connectivity index (χ1v) is 7.50. The molecule has 100 valence electrons. The van der Waals surface area contributed by atoms with Crippen LogP contribution in [0, 0.1) is 5.41 Å². The van der Waals surface area contributed by atoms with Gasteiger partial charge in [0.2, 0.25) is 0 Å². The van der Waals surface area contributed by atoms with Crippen LogP contribution >= 0.6 is 0 Å².